The van der Waals surface area contributed by atoms with Crippen LogP contribution in [0.25, 0.3) is 16.7 Å². The molecule has 0 bridgehead atoms. The van der Waals surface area contributed by atoms with Crippen LogP contribution in [0.3, 0.4) is 0 Å². The van der Waals surface area contributed by atoms with Crippen LogP contribution in [-0.4, -0.2) is 4.98 Å². The number of nitrogens with zero attached hydrogens (tertiary/aromatic N) is 1. The fraction of sp³-hybridized carbons (Fsp3) is 0.188. The fourth-order valence-electron chi connectivity index (χ4n) is 2.34. The van der Waals surface area contributed by atoms with Crippen molar-refractivity contribution in [3.05, 3.63) is 60.0 Å². The van der Waals surface area contributed by atoms with E-state index in [1.54, 1.807) is 0 Å². The Morgan fingerprint density at radius 1 is 1.39 bits per heavy atom. The summed E-state index contributed by atoms with van der Waals surface area (Å²) in [5.74, 6) is 0. The summed E-state index contributed by atoms with van der Waals surface area (Å²) in [6.07, 6.45) is 8.09. The SMILES string of the molecule is C=C(C)C1=CC(c2cccc3ncoc23)=CCC1. The van der Waals surface area contributed by atoms with Crippen LogP contribution < -0.4 is 0 Å². The normalized spacial score (nSPS) is 15.4. The molecule has 0 amide bonds. The highest BCUT2D eigenvalue weighted by atomic mass is 16.3. The summed E-state index contributed by atoms with van der Waals surface area (Å²) in [4.78, 5) is 4.20. The van der Waals surface area contributed by atoms with Gasteiger partial charge in [0.15, 0.2) is 12.0 Å². The van der Waals surface area contributed by atoms with Crippen LogP contribution in [0, 0.1) is 0 Å². The van der Waals surface area contributed by atoms with Crippen molar-refractivity contribution in [2.24, 2.45) is 0 Å². The zero-order chi connectivity index (χ0) is 12.5. The summed E-state index contributed by atoms with van der Waals surface area (Å²) in [5.41, 5.74) is 6.56. The molecule has 0 aliphatic heterocycles. The van der Waals surface area contributed by atoms with Crippen molar-refractivity contribution in [2.45, 2.75) is 19.8 Å². The minimum absolute atomic E-state index is 0.864. The largest absolute Gasteiger partial charge is 0.443 e. The highest BCUT2D eigenvalue weighted by Crippen LogP contribution is 2.31. The van der Waals surface area contributed by atoms with Gasteiger partial charge in [0.25, 0.3) is 0 Å². The van der Waals surface area contributed by atoms with Gasteiger partial charge < -0.3 is 4.42 Å². The van der Waals surface area contributed by atoms with Crippen molar-refractivity contribution in [1.82, 2.24) is 4.98 Å². The van der Waals surface area contributed by atoms with Crippen LogP contribution in [0.1, 0.15) is 25.3 Å². The second kappa shape index (κ2) is 4.30. The maximum Gasteiger partial charge on any atom is 0.182 e. The predicted molar refractivity (Wildman–Crippen MR) is 74.1 cm³/mol. The Kier molecular flexibility index (Phi) is 2.63. The Morgan fingerprint density at radius 3 is 3.11 bits per heavy atom. The monoisotopic (exact) mass is 237 g/mol. The lowest BCUT2D eigenvalue weighted by atomic mass is 9.91. The molecule has 18 heavy (non-hydrogen) atoms. The molecule has 90 valence electrons. The van der Waals surface area contributed by atoms with Crippen molar-refractivity contribution < 1.29 is 4.42 Å². The van der Waals surface area contributed by atoms with Gasteiger partial charge in [0, 0.05) is 5.56 Å². The van der Waals surface area contributed by atoms with Crippen LogP contribution in [-0.2, 0) is 0 Å². The average Bonchev–Trinajstić information content (AvgIpc) is 2.87. The van der Waals surface area contributed by atoms with Crippen LogP contribution in [0.15, 0.2) is 58.9 Å². The Balaban J connectivity index is 2.13. The lowest BCUT2D eigenvalue weighted by Crippen LogP contribution is -1.94. The third kappa shape index (κ3) is 1.80. The molecule has 0 saturated carbocycles. The minimum Gasteiger partial charge on any atom is -0.443 e. The molecule has 3 rings (SSSR count). The average molecular weight is 237 g/mol. The highest BCUT2D eigenvalue weighted by Gasteiger charge is 2.12. The Labute approximate surface area is 106 Å². The topological polar surface area (TPSA) is 26.0 Å². The van der Waals surface area contributed by atoms with E-state index in [1.165, 1.54) is 17.5 Å². The van der Waals surface area contributed by atoms with Gasteiger partial charge in [0.1, 0.15) is 5.52 Å². The van der Waals surface area contributed by atoms with Gasteiger partial charge in [0.2, 0.25) is 0 Å². The number of para-hydroxylation sites is 1. The first-order valence-electron chi connectivity index (χ1n) is 6.15. The summed E-state index contributed by atoms with van der Waals surface area (Å²) in [6, 6.07) is 6.07. The van der Waals surface area contributed by atoms with Crippen molar-refractivity contribution in [3.63, 3.8) is 0 Å². The lowest BCUT2D eigenvalue weighted by Gasteiger charge is -2.14. The fourth-order valence-corrected chi connectivity index (χ4v) is 2.34. The van der Waals surface area contributed by atoms with E-state index in [-0.39, 0.29) is 0 Å². The third-order valence-electron chi connectivity index (χ3n) is 3.32. The zero-order valence-corrected chi connectivity index (χ0v) is 10.4. The standard InChI is InChI=1S/C16H15NO/c1-11(2)12-5-3-6-13(9-12)14-7-4-8-15-16(14)18-10-17-15/h4,6-10H,1,3,5H2,2H3. The van der Waals surface area contributed by atoms with Gasteiger partial charge >= 0.3 is 0 Å². The van der Waals surface area contributed by atoms with Crippen LogP contribution in [0.4, 0.5) is 0 Å². The molecular weight excluding hydrogens is 222 g/mol. The first-order valence-corrected chi connectivity index (χ1v) is 6.15. The lowest BCUT2D eigenvalue weighted by molar-refractivity contribution is 0.601. The minimum atomic E-state index is 0.864. The predicted octanol–water partition coefficient (Wildman–Crippen LogP) is 4.51. The van der Waals surface area contributed by atoms with Gasteiger partial charge in [-0.05, 0) is 37.0 Å². The summed E-state index contributed by atoms with van der Waals surface area (Å²) >= 11 is 0. The van der Waals surface area contributed by atoms with E-state index in [4.69, 9.17) is 4.42 Å². The van der Waals surface area contributed by atoms with E-state index < -0.39 is 0 Å². The first kappa shape index (κ1) is 11.0. The van der Waals surface area contributed by atoms with Gasteiger partial charge in [-0.3, -0.25) is 0 Å². The Morgan fingerprint density at radius 2 is 2.28 bits per heavy atom. The van der Waals surface area contributed by atoms with E-state index in [9.17, 15) is 0 Å². The van der Waals surface area contributed by atoms with E-state index in [0.717, 1.165) is 35.1 Å². The molecule has 2 aromatic rings. The molecule has 1 aromatic carbocycles. The van der Waals surface area contributed by atoms with Gasteiger partial charge in [-0.1, -0.05) is 36.4 Å². The van der Waals surface area contributed by atoms with Crippen molar-refractivity contribution >= 4 is 16.7 Å². The highest BCUT2D eigenvalue weighted by molar-refractivity contribution is 5.91. The van der Waals surface area contributed by atoms with Crippen molar-refractivity contribution in [2.75, 3.05) is 0 Å². The molecule has 0 atom stereocenters. The van der Waals surface area contributed by atoms with Crippen LogP contribution in [0.2, 0.25) is 0 Å². The molecule has 2 nitrogen and oxygen atoms in total. The molecule has 0 spiro atoms. The van der Waals surface area contributed by atoms with Crippen LogP contribution >= 0.6 is 0 Å². The van der Waals surface area contributed by atoms with E-state index in [1.807, 2.05) is 12.1 Å². The van der Waals surface area contributed by atoms with Gasteiger partial charge in [0.05, 0.1) is 0 Å². The number of hydrogen-bond donors (Lipinski definition) is 0. The number of rotatable bonds is 2. The van der Waals surface area contributed by atoms with E-state index >= 15 is 0 Å². The molecule has 0 N–H and O–H groups in total. The number of aromatic nitrogens is 1. The molecule has 1 aliphatic rings. The van der Waals surface area contributed by atoms with E-state index in [2.05, 4.69) is 36.7 Å². The molecule has 0 unspecified atom stereocenters. The van der Waals surface area contributed by atoms with Crippen molar-refractivity contribution in [1.29, 1.82) is 0 Å². The molecular formula is C16H15NO. The smallest absolute Gasteiger partial charge is 0.182 e. The third-order valence-corrected chi connectivity index (χ3v) is 3.32. The number of fused-ring (bicyclic) bond motifs is 1. The zero-order valence-electron chi connectivity index (χ0n) is 10.4. The Bertz CT molecular complexity index is 673. The maximum atomic E-state index is 5.49. The summed E-state index contributed by atoms with van der Waals surface area (Å²) in [7, 11) is 0. The van der Waals surface area contributed by atoms with Gasteiger partial charge in [-0.15, -0.1) is 0 Å². The Hall–Kier alpha value is -2.09. The van der Waals surface area contributed by atoms with Crippen molar-refractivity contribution in [3.8, 4) is 0 Å². The summed E-state index contributed by atoms with van der Waals surface area (Å²) in [5, 5.41) is 0. The molecule has 0 fully saturated rings. The van der Waals surface area contributed by atoms with Crippen LogP contribution in [0.5, 0.6) is 0 Å². The number of hydrogen-bond acceptors (Lipinski definition) is 2. The number of benzene rings is 1. The molecule has 1 aromatic heterocycles. The summed E-state index contributed by atoms with van der Waals surface area (Å²) in [6.45, 7) is 6.09. The molecule has 1 heterocycles. The van der Waals surface area contributed by atoms with E-state index in [0.29, 0.717) is 0 Å². The molecule has 2 heteroatoms. The van der Waals surface area contributed by atoms with Gasteiger partial charge in [-0.25, -0.2) is 4.98 Å². The second-order valence-corrected chi connectivity index (χ2v) is 4.65. The molecule has 1 aliphatic carbocycles. The quantitative estimate of drug-likeness (QED) is 0.768. The second-order valence-electron chi connectivity index (χ2n) is 4.65. The number of allylic oxidation sites excluding steroid dienone is 5. The maximum absolute atomic E-state index is 5.49. The first-order chi connectivity index (χ1) is 8.75. The molecule has 0 radical (unpaired) electrons. The summed E-state index contributed by atoms with van der Waals surface area (Å²) < 4.78 is 5.49. The molecule has 0 saturated heterocycles. The van der Waals surface area contributed by atoms with Gasteiger partial charge in [-0.2, -0.15) is 0 Å². The number of oxazole rings is 1.